The number of nitrogens with zero attached hydrogens (tertiary/aromatic N) is 1. The fourth-order valence-corrected chi connectivity index (χ4v) is 2.52. The van der Waals surface area contributed by atoms with E-state index in [1.807, 2.05) is 0 Å². The quantitative estimate of drug-likeness (QED) is 0.506. The van der Waals surface area contributed by atoms with Crippen LogP contribution in [-0.4, -0.2) is 29.4 Å². The number of furan rings is 1. The maximum atomic E-state index is 11.8. The summed E-state index contributed by atoms with van der Waals surface area (Å²) in [5.41, 5.74) is 0. The van der Waals surface area contributed by atoms with Gasteiger partial charge in [-0.05, 0) is 24.8 Å². The van der Waals surface area contributed by atoms with Crippen LogP contribution in [0.3, 0.4) is 0 Å². The molecule has 120 valence electrons. The van der Waals surface area contributed by atoms with Crippen LogP contribution in [0.15, 0.2) is 16.5 Å². The van der Waals surface area contributed by atoms with Gasteiger partial charge in [0, 0.05) is 6.04 Å². The van der Waals surface area contributed by atoms with Gasteiger partial charge in [0.1, 0.15) is 4.92 Å². The number of esters is 1. The number of carbonyl (C=O) groups is 2. The highest BCUT2D eigenvalue weighted by atomic mass is 16.7. The first-order chi connectivity index (χ1) is 10.5. The van der Waals surface area contributed by atoms with Gasteiger partial charge in [-0.25, -0.2) is 4.79 Å². The summed E-state index contributed by atoms with van der Waals surface area (Å²) in [6.07, 6.45) is 4.23. The molecule has 8 nitrogen and oxygen atoms in total. The molecule has 1 aromatic rings. The third-order valence-corrected chi connectivity index (χ3v) is 3.77. The zero-order valence-corrected chi connectivity index (χ0v) is 12.2. The Morgan fingerprint density at radius 3 is 2.77 bits per heavy atom. The molecule has 1 N–H and O–H groups in total. The van der Waals surface area contributed by atoms with Crippen LogP contribution in [-0.2, 0) is 9.53 Å². The van der Waals surface area contributed by atoms with Crippen LogP contribution in [0.4, 0.5) is 5.88 Å². The molecule has 2 rings (SSSR count). The summed E-state index contributed by atoms with van der Waals surface area (Å²) in [4.78, 5) is 33.1. The zero-order chi connectivity index (χ0) is 16.1. The Hall–Kier alpha value is -2.38. The van der Waals surface area contributed by atoms with Crippen LogP contribution in [0.2, 0.25) is 0 Å². The van der Waals surface area contributed by atoms with E-state index in [9.17, 15) is 19.7 Å². The van der Waals surface area contributed by atoms with Gasteiger partial charge in [-0.1, -0.05) is 19.8 Å². The number of hydrogen-bond acceptors (Lipinski definition) is 6. The molecule has 1 heterocycles. The second-order valence-electron chi connectivity index (χ2n) is 5.41. The minimum absolute atomic E-state index is 0.102. The van der Waals surface area contributed by atoms with Gasteiger partial charge in [0.05, 0.1) is 6.07 Å². The maximum absolute atomic E-state index is 11.8. The van der Waals surface area contributed by atoms with Crippen LogP contribution >= 0.6 is 0 Å². The van der Waals surface area contributed by atoms with E-state index in [1.54, 1.807) is 0 Å². The fraction of sp³-hybridized carbons (Fsp3) is 0.571. The highest BCUT2D eigenvalue weighted by Crippen LogP contribution is 2.23. The summed E-state index contributed by atoms with van der Waals surface area (Å²) in [7, 11) is 0. The van der Waals surface area contributed by atoms with Crippen LogP contribution in [0, 0.1) is 16.0 Å². The van der Waals surface area contributed by atoms with E-state index < -0.39 is 23.4 Å². The second kappa shape index (κ2) is 7.06. The first kappa shape index (κ1) is 16.0. The predicted octanol–water partition coefficient (Wildman–Crippen LogP) is 2.04. The average molecular weight is 310 g/mol. The van der Waals surface area contributed by atoms with Crippen molar-refractivity contribution >= 4 is 17.8 Å². The number of nitro groups is 1. The Morgan fingerprint density at radius 2 is 2.14 bits per heavy atom. The molecule has 0 aliphatic heterocycles. The van der Waals surface area contributed by atoms with Crippen LogP contribution in [0.25, 0.3) is 0 Å². The standard InChI is InChI=1S/C14H18N2O6/c1-9-4-2-3-5-10(9)15-12(17)8-21-14(18)11-6-7-13(22-11)16(19)20/h6-7,9-10H,2-5,8H2,1H3,(H,15,17)/t9-,10+/m0/s1. The van der Waals surface area contributed by atoms with Crippen molar-refractivity contribution in [3.63, 3.8) is 0 Å². The summed E-state index contributed by atoms with van der Waals surface area (Å²) in [6.45, 7) is 1.65. The molecule has 8 heteroatoms. The van der Waals surface area contributed by atoms with E-state index in [0.29, 0.717) is 5.92 Å². The van der Waals surface area contributed by atoms with Crippen LogP contribution < -0.4 is 5.32 Å². The smallest absolute Gasteiger partial charge is 0.433 e. The van der Waals surface area contributed by atoms with E-state index in [0.717, 1.165) is 31.4 Å². The average Bonchev–Trinajstić information content (AvgIpc) is 2.97. The van der Waals surface area contributed by atoms with Crippen molar-refractivity contribution in [1.29, 1.82) is 0 Å². The highest BCUT2D eigenvalue weighted by molar-refractivity contribution is 5.89. The lowest BCUT2D eigenvalue weighted by atomic mass is 9.86. The Morgan fingerprint density at radius 1 is 1.41 bits per heavy atom. The zero-order valence-electron chi connectivity index (χ0n) is 12.2. The van der Waals surface area contributed by atoms with Gasteiger partial charge < -0.3 is 14.5 Å². The molecule has 1 fully saturated rings. The number of carbonyl (C=O) groups excluding carboxylic acids is 2. The van der Waals surface area contributed by atoms with Gasteiger partial charge in [0.2, 0.25) is 5.76 Å². The Balaban J connectivity index is 1.79. The number of amides is 1. The van der Waals surface area contributed by atoms with Crippen molar-refractivity contribution in [2.45, 2.75) is 38.6 Å². The lowest BCUT2D eigenvalue weighted by Gasteiger charge is -2.29. The Kier molecular flexibility index (Phi) is 5.13. The molecule has 2 atom stereocenters. The number of rotatable bonds is 5. The first-order valence-electron chi connectivity index (χ1n) is 7.18. The molecule has 1 amide bonds. The molecule has 0 bridgehead atoms. The SMILES string of the molecule is C[C@H]1CCCC[C@H]1NC(=O)COC(=O)c1ccc([N+](=O)[O-])o1. The molecular weight excluding hydrogens is 292 g/mol. The summed E-state index contributed by atoms with van der Waals surface area (Å²) in [6, 6.07) is 2.30. The third-order valence-electron chi connectivity index (χ3n) is 3.77. The van der Waals surface area contributed by atoms with Crippen molar-refractivity contribution in [3.8, 4) is 0 Å². The summed E-state index contributed by atoms with van der Waals surface area (Å²) >= 11 is 0. The number of hydrogen-bond donors (Lipinski definition) is 1. The van der Waals surface area contributed by atoms with E-state index in [-0.39, 0.29) is 17.7 Å². The molecule has 0 unspecified atom stereocenters. The van der Waals surface area contributed by atoms with E-state index in [1.165, 1.54) is 6.42 Å². The molecule has 0 spiro atoms. The van der Waals surface area contributed by atoms with Gasteiger partial charge in [0.15, 0.2) is 6.61 Å². The second-order valence-corrected chi connectivity index (χ2v) is 5.41. The molecule has 1 aliphatic rings. The number of nitrogens with one attached hydrogen (secondary N) is 1. The van der Waals surface area contributed by atoms with Gasteiger partial charge in [0.25, 0.3) is 5.91 Å². The lowest BCUT2D eigenvalue weighted by Crippen LogP contribution is -2.42. The summed E-state index contributed by atoms with van der Waals surface area (Å²) in [5.74, 6) is -1.73. The van der Waals surface area contributed by atoms with Crippen molar-refractivity contribution < 1.29 is 23.7 Å². The lowest BCUT2D eigenvalue weighted by molar-refractivity contribution is -0.402. The Labute approximate surface area is 127 Å². The predicted molar refractivity (Wildman–Crippen MR) is 75.2 cm³/mol. The third kappa shape index (κ3) is 4.06. The highest BCUT2D eigenvalue weighted by Gasteiger charge is 2.24. The van der Waals surface area contributed by atoms with Crippen molar-refractivity contribution in [3.05, 3.63) is 28.0 Å². The van der Waals surface area contributed by atoms with E-state index >= 15 is 0 Å². The van der Waals surface area contributed by atoms with Gasteiger partial charge in [-0.2, -0.15) is 0 Å². The van der Waals surface area contributed by atoms with E-state index in [4.69, 9.17) is 9.15 Å². The van der Waals surface area contributed by atoms with Gasteiger partial charge >= 0.3 is 11.9 Å². The summed E-state index contributed by atoms with van der Waals surface area (Å²) < 4.78 is 9.49. The molecule has 1 aliphatic carbocycles. The molecule has 1 saturated carbocycles. The summed E-state index contributed by atoms with van der Waals surface area (Å²) in [5, 5.41) is 13.3. The minimum atomic E-state index is -0.903. The largest absolute Gasteiger partial charge is 0.450 e. The fourth-order valence-electron chi connectivity index (χ4n) is 2.52. The molecular formula is C14H18N2O6. The first-order valence-corrected chi connectivity index (χ1v) is 7.18. The normalized spacial score (nSPS) is 21.1. The molecule has 22 heavy (non-hydrogen) atoms. The van der Waals surface area contributed by atoms with Gasteiger partial charge in [-0.3, -0.25) is 14.9 Å². The maximum Gasteiger partial charge on any atom is 0.433 e. The topological polar surface area (TPSA) is 112 Å². The Bertz CT molecular complexity index is 567. The monoisotopic (exact) mass is 310 g/mol. The minimum Gasteiger partial charge on any atom is -0.450 e. The van der Waals surface area contributed by atoms with Crippen molar-refractivity contribution in [2.75, 3.05) is 6.61 Å². The number of ether oxygens (including phenoxy) is 1. The molecule has 0 radical (unpaired) electrons. The molecule has 0 aromatic carbocycles. The van der Waals surface area contributed by atoms with E-state index in [2.05, 4.69) is 12.2 Å². The molecule has 1 aromatic heterocycles. The van der Waals surface area contributed by atoms with Crippen LogP contribution in [0.1, 0.15) is 43.2 Å². The van der Waals surface area contributed by atoms with Crippen molar-refractivity contribution in [2.24, 2.45) is 5.92 Å². The van der Waals surface area contributed by atoms with Crippen molar-refractivity contribution in [1.82, 2.24) is 5.32 Å². The van der Waals surface area contributed by atoms with Gasteiger partial charge in [-0.15, -0.1) is 0 Å². The molecule has 0 saturated heterocycles. The van der Waals surface area contributed by atoms with Crippen LogP contribution in [0.5, 0.6) is 0 Å².